The summed E-state index contributed by atoms with van der Waals surface area (Å²) in [6.07, 6.45) is -0.0538. The van der Waals surface area contributed by atoms with Crippen LogP contribution in [0.25, 0.3) is 0 Å². The number of ether oxygens (including phenoxy) is 1. The molecule has 4 N–H and O–H groups in total. The van der Waals surface area contributed by atoms with Gasteiger partial charge in [0.1, 0.15) is 5.84 Å². The van der Waals surface area contributed by atoms with E-state index in [9.17, 15) is 5.11 Å². The molecule has 0 saturated heterocycles. The first kappa shape index (κ1) is 14.2. The number of hydrogen-bond acceptors (Lipinski definition) is 5. The largest absolute Gasteiger partial charge is 0.409 e. The Morgan fingerprint density at radius 1 is 1.60 bits per heavy atom. The molecule has 0 spiro atoms. The Balaban J connectivity index is 3.92. The van der Waals surface area contributed by atoms with Crippen LogP contribution in [0, 0.1) is 0 Å². The summed E-state index contributed by atoms with van der Waals surface area (Å²) in [5, 5.41) is 20.8. The Labute approximate surface area is 90.3 Å². The number of aliphatic hydroxyl groups excluding tert-OH is 1. The second-order valence-corrected chi connectivity index (χ2v) is 3.69. The van der Waals surface area contributed by atoms with E-state index in [-0.39, 0.29) is 11.9 Å². The zero-order chi connectivity index (χ0) is 11.8. The van der Waals surface area contributed by atoms with Crippen LogP contribution >= 0.6 is 0 Å². The summed E-state index contributed by atoms with van der Waals surface area (Å²) in [4.78, 5) is 1.93. The summed E-state index contributed by atoms with van der Waals surface area (Å²) >= 11 is 0. The molecule has 0 heterocycles. The van der Waals surface area contributed by atoms with E-state index in [1.54, 1.807) is 7.11 Å². The van der Waals surface area contributed by atoms with Crippen LogP contribution in [0.15, 0.2) is 5.16 Å². The Morgan fingerprint density at radius 2 is 2.20 bits per heavy atom. The molecule has 0 aromatic heterocycles. The van der Waals surface area contributed by atoms with E-state index in [2.05, 4.69) is 5.16 Å². The predicted octanol–water partition coefficient (Wildman–Crippen LogP) is -0.549. The van der Waals surface area contributed by atoms with Crippen LogP contribution in [0.1, 0.15) is 13.3 Å². The van der Waals surface area contributed by atoms with Crippen LogP contribution < -0.4 is 5.73 Å². The van der Waals surface area contributed by atoms with E-state index in [1.807, 2.05) is 18.9 Å². The van der Waals surface area contributed by atoms with E-state index < -0.39 is 6.10 Å². The van der Waals surface area contributed by atoms with Crippen molar-refractivity contribution in [2.45, 2.75) is 25.5 Å². The van der Waals surface area contributed by atoms with Gasteiger partial charge in [-0.1, -0.05) is 5.16 Å². The Hall–Kier alpha value is -0.850. The zero-order valence-electron chi connectivity index (χ0n) is 9.55. The molecule has 0 radical (unpaired) electrons. The number of rotatable bonds is 7. The maximum atomic E-state index is 9.48. The molecule has 0 aliphatic carbocycles. The fourth-order valence-electron chi connectivity index (χ4n) is 1.26. The topological polar surface area (TPSA) is 91.3 Å². The molecular formula is C9H21N3O3. The molecule has 6 nitrogen and oxygen atoms in total. The van der Waals surface area contributed by atoms with Crippen molar-refractivity contribution in [3.05, 3.63) is 0 Å². The molecule has 90 valence electrons. The number of oxime groups is 1. The van der Waals surface area contributed by atoms with Gasteiger partial charge in [0.05, 0.1) is 12.7 Å². The number of nitrogens with zero attached hydrogens (tertiary/aromatic N) is 2. The maximum Gasteiger partial charge on any atom is 0.140 e. The van der Waals surface area contributed by atoms with Crippen molar-refractivity contribution in [1.29, 1.82) is 0 Å². The van der Waals surface area contributed by atoms with Gasteiger partial charge in [0.25, 0.3) is 0 Å². The summed E-state index contributed by atoms with van der Waals surface area (Å²) in [5.74, 6) is 0.190. The molecular weight excluding hydrogens is 198 g/mol. The highest BCUT2D eigenvalue weighted by molar-refractivity contribution is 5.80. The summed E-state index contributed by atoms with van der Waals surface area (Å²) in [5.41, 5.74) is 5.39. The molecule has 2 unspecified atom stereocenters. The molecule has 6 heteroatoms. The van der Waals surface area contributed by atoms with Crippen molar-refractivity contribution in [1.82, 2.24) is 4.90 Å². The molecule has 0 aromatic carbocycles. The second kappa shape index (κ2) is 7.44. The number of methoxy groups -OCH3 is 1. The minimum absolute atomic E-state index is 0.104. The molecule has 0 aliphatic heterocycles. The number of aliphatic hydroxyl groups is 1. The van der Waals surface area contributed by atoms with Gasteiger partial charge in [0.2, 0.25) is 0 Å². The lowest BCUT2D eigenvalue weighted by atomic mass is 10.2. The van der Waals surface area contributed by atoms with E-state index in [0.29, 0.717) is 19.6 Å². The number of nitrogens with two attached hydrogens (primary N) is 1. The van der Waals surface area contributed by atoms with Crippen LogP contribution in [0.2, 0.25) is 0 Å². The van der Waals surface area contributed by atoms with Crippen LogP contribution in [-0.4, -0.2) is 60.5 Å². The van der Waals surface area contributed by atoms with Gasteiger partial charge in [-0.2, -0.15) is 0 Å². The summed E-state index contributed by atoms with van der Waals surface area (Å²) < 4.78 is 4.82. The minimum Gasteiger partial charge on any atom is -0.409 e. The number of likely N-dealkylation sites (N-methyl/N-ethyl adjacent to an activating group) is 1. The fraction of sp³-hybridized carbons (Fsp3) is 0.889. The molecule has 2 atom stereocenters. The van der Waals surface area contributed by atoms with E-state index >= 15 is 0 Å². The highest BCUT2D eigenvalue weighted by atomic mass is 16.5. The van der Waals surface area contributed by atoms with Crippen LogP contribution in [0.5, 0.6) is 0 Å². The van der Waals surface area contributed by atoms with Gasteiger partial charge < -0.3 is 25.7 Å². The second-order valence-electron chi connectivity index (χ2n) is 3.69. The molecule has 0 rings (SSSR count). The molecule has 0 amide bonds. The first-order chi connectivity index (χ1) is 7.01. The lowest BCUT2D eigenvalue weighted by molar-refractivity contribution is 0.0364. The third kappa shape index (κ3) is 6.27. The van der Waals surface area contributed by atoms with E-state index in [4.69, 9.17) is 15.7 Å². The van der Waals surface area contributed by atoms with Crippen molar-refractivity contribution in [2.75, 3.05) is 27.3 Å². The third-order valence-corrected chi connectivity index (χ3v) is 2.24. The van der Waals surface area contributed by atoms with Crippen molar-refractivity contribution in [2.24, 2.45) is 10.9 Å². The smallest absolute Gasteiger partial charge is 0.140 e. The monoisotopic (exact) mass is 219 g/mol. The van der Waals surface area contributed by atoms with Crippen molar-refractivity contribution in [3.8, 4) is 0 Å². The average molecular weight is 219 g/mol. The first-order valence-corrected chi connectivity index (χ1v) is 4.84. The Kier molecular flexibility index (Phi) is 7.02. The Bertz CT molecular complexity index is 199. The number of amidine groups is 1. The lowest BCUT2D eigenvalue weighted by Crippen LogP contribution is -2.39. The van der Waals surface area contributed by atoms with Gasteiger partial charge in [-0.15, -0.1) is 0 Å². The summed E-state index contributed by atoms with van der Waals surface area (Å²) in [7, 11) is 3.41. The predicted molar refractivity (Wildman–Crippen MR) is 58.0 cm³/mol. The van der Waals surface area contributed by atoms with E-state index in [1.165, 1.54) is 0 Å². The normalized spacial score (nSPS) is 16.7. The van der Waals surface area contributed by atoms with Gasteiger partial charge in [-0.25, -0.2) is 0 Å². The van der Waals surface area contributed by atoms with Crippen molar-refractivity contribution >= 4 is 5.84 Å². The molecule has 0 aromatic rings. The Morgan fingerprint density at radius 3 is 2.67 bits per heavy atom. The first-order valence-electron chi connectivity index (χ1n) is 4.84. The van der Waals surface area contributed by atoms with Gasteiger partial charge in [-0.05, 0) is 14.0 Å². The molecule has 0 saturated carbocycles. The van der Waals surface area contributed by atoms with Gasteiger partial charge >= 0.3 is 0 Å². The third-order valence-electron chi connectivity index (χ3n) is 2.24. The maximum absolute atomic E-state index is 9.48. The summed E-state index contributed by atoms with van der Waals surface area (Å²) in [6.45, 7) is 2.74. The fourth-order valence-corrected chi connectivity index (χ4v) is 1.26. The minimum atomic E-state index is -0.519. The lowest BCUT2D eigenvalue weighted by Gasteiger charge is -2.26. The van der Waals surface area contributed by atoms with Crippen molar-refractivity contribution in [3.63, 3.8) is 0 Å². The van der Waals surface area contributed by atoms with E-state index in [0.717, 1.165) is 0 Å². The van der Waals surface area contributed by atoms with Gasteiger partial charge in [0.15, 0.2) is 0 Å². The average Bonchev–Trinajstić information content (AvgIpc) is 2.17. The molecule has 0 fully saturated rings. The molecule has 0 bridgehead atoms. The molecule has 15 heavy (non-hydrogen) atoms. The SMILES string of the molecule is COCC(O)CN(C)C(C)CC(N)=NO. The van der Waals surface area contributed by atoms with Gasteiger partial charge in [-0.3, -0.25) is 0 Å². The quantitative estimate of drug-likeness (QED) is 0.231. The van der Waals surface area contributed by atoms with Crippen LogP contribution in [-0.2, 0) is 4.74 Å². The molecule has 0 aliphatic rings. The highest BCUT2D eigenvalue weighted by Crippen LogP contribution is 2.02. The van der Waals surface area contributed by atoms with Gasteiger partial charge in [0, 0.05) is 26.1 Å². The standard InChI is InChI=1S/C9H21N3O3/c1-7(4-9(10)11-14)12(2)5-8(13)6-15-3/h7-8,13-14H,4-6H2,1-3H3,(H2,10,11). The highest BCUT2D eigenvalue weighted by Gasteiger charge is 2.14. The zero-order valence-corrected chi connectivity index (χ0v) is 9.55. The van der Waals surface area contributed by atoms with Crippen LogP contribution in [0.3, 0.4) is 0 Å². The van der Waals surface area contributed by atoms with Crippen LogP contribution in [0.4, 0.5) is 0 Å². The van der Waals surface area contributed by atoms with Crippen molar-refractivity contribution < 1.29 is 15.1 Å². The summed E-state index contributed by atoms with van der Waals surface area (Å²) in [6, 6.07) is 0.104. The number of hydrogen-bond donors (Lipinski definition) is 3.